The Hall–Kier alpha value is -1.35. The van der Waals surface area contributed by atoms with Crippen molar-refractivity contribution in [2.24, 2.45) is 11.1 Å². The molecule has 0 unspecified atom stereocenters. The van der Waals surface area contributed by atoms with Crippen molar-refractivity contribution in [2.45, 2.75) is 53.9 Å². The second kappa shape index (κ2) is 7.60. The predicted molar refractivity (Wildman–Crippen MR) is 89.4 cm³/mol. The standard InChI is InChI=1S/C18H30N2O/c1-6-18(7-2,12-19)17(21)20-9-8-16-14(4)10-13(3)11-15(16)5/h10-11H,6-9,12,19H2,1-5H3,(H,20,21). The van der Waals surface area contributed by atoms with E-state index in [2.05, 4.69) is 38.2 Å². The van der Waals surface area contributed by atoms with Gasteiger partial charge in [0.05, 0.1) is 5.41 Å². The maximum absolute atomic E-state index is 12.4. The molecule has 0 saturated carbocycles. The van der Waals surface area contributed by atoms with Crippen LogP contribution in [0.5, 0.6) is 0 Å². The van der Waals surface area contributed by atoms with E-state index in [1.807, 2.05) is 13.8 Å². The van der Waals surface area contributed by atoms with E-state index >= 15 is 0 Å². The van der Waals surface area contributed by atoms with E-state index in [9.17, 15) is 4.79 Å². The van der Waals surface area contributed by atoms with Gasteiger partial charge in [-0.25, -0.2) is 0 Å². The zero-order valence-corrected chi connectivity index (χ0v) is 14.2. The van der Waals surface area contributed by atoms with Crippen molar-refractivity contribution in [1.82, 2.24) is 5.32 Å². The van der Waals surface area contributed by atoms with E-state index in [0.717, 1.165) is 19.3 Å². The smallest absolute Gasteiger partial charge is 0.227 e. The third-order valence-corrected chi connectivity index (χ3v) is 4.73. The van der Waals surface area contributed by atoms with E-state index in [1.165, 1.54) is 22.3 Å². The van der Waals surface area contributed by atoms with Crippen molar-refractivity contribution in [3.05, 3.63) is 34.4 Å². The van der Waals surface area contributed by atoms with Crippen LogP contribution in [0.1, 0.15) is 48.9 Å². The van der Waals surface area contributed by atoms with Crippen LogP contribution in [0.4, 0.5) is 0 Å². The van der Waals surface area contributed by atoms with Crippen molar-refractivity contribution in [3.8, 4) is 0 Å². The molecule has 0 atom stereocenters. The lowest BCUT2D eigenvalue weighted by atomic mass is 9.81. The predicted octanol–water partition coefficient (Wildman–Crippen LogP) is 3.04. The molecule has 1 aromatic carbocycles. The highest BCUT2D eigenvalue weighted by atomic mass is 16.2. The van der Waals surface area contributed by atoms with Gasteiger partial charge in [-0.15, -0.1) is 0 Å². The third kappa shape index (κ3) is 4.07. The Morgan fingerprint density at radius 2 is 1.67 bits per heavy atom. The number of benzene rings is 1. The molecule has 0 fully saturated rings. The molecule has 0 aliphatic heterocycles. The number of rotatable bonds is 7. The molecule has 0 radical (unpaired) electrons. The maximum Gasteiger partial charge on any atom is 0.227 e. The fraction of sp³-hybridized carbons (Fsp3) is 0.611. The molecular weight excluding hydrogens is 260 g/mol. The highest BCUT2D eigenvalue weighted by Gasteiger charge is 2.32. The normalized spacial score (nSPS) is 11.5. The van der Waals surface area contributed by atoms with Gasteiger partial charge in [-0.3, -0.25) is 4.79 Å². The first-order valence-corrected chi connectivity index (χ1v) is 7.95. The second-order valence-electron chi connectivity index (χ2n) is 6.07. The average Bonchev–Trinajstić information content (AvgIpc) is 2.44. The Morgan fingerprint density at radius 3 is 2.10 bits per heavy atom. The molecule has 3 heteroatoms. The van der Waals surface area contributed by atoms with Gasteiger partial charge in [-0.2, -0.15) is 0 Å². The Morgan fingerprint density at radius 1 is 1.14 bits per heavy atom. The SMILES string of the molecule is CCC(CC)(CN)C(=O)NCCc1c(C)cc(C)cc1C. The summed E-state index contributed by atoms with van der Waals surface area (Å²) in [4.78, 5) is 12.4. The molecule has 0 bridgehead atoms. The summed E-state index contributed by atoms with van der Waals surface area (Å²) in [5, 5.41) is 3.07. The minimum Gasteiger partial charge on any atom is -0.355 e. The van der Waals surface area contributed by atoms with E-state index < -0.39 is 5.41 Å². The molecule has 1 rings (SSSR count). The van der Waals surface area contributed by atoms with Crippen LogP contribution in [0, 0.1) is 26.2 Å². The van der Waals surface area contributed by atoms with Gasteiger partial charge in [0.1, 0.15) is 0 Å². The van der Waals surface area contributed by atoms with Crippen LogP contribution < -0.4 is 11.1 Å². The summed E-state index contributed by atoms with van der Waals surface area (Å²) in [7, 11) is 0. The van der Waals surface area contributed by atoms with Crippen LogP contribution in [-0.4, -0.2) is 19.0 Å². The van der Waals surface area contributed by atoms with Crippen LogP contribution in [0.25, 0.3) is 0 Å². The lowest BCUT2D eigenvalue weighted by Gasteiger charge is -2.28. The molecule has 21 heavy (non-hydrogen) atoms. The Balaban J connectivity index is 2.68. The molecule has 0 heterocycles. The number of carbonyl (C=O) groups excluding carboxylic acids is 1. The highest BCUT2D eigenvalue weighted by molar-refractivity contribution is 5.82. The Bertz CT molecular complexity index is 459. The van der Waals surface area contributed by atoms with Crippen LogP contribution in [0.15, 0.2) is 12.1 Å². The first-order chi connectivity index (χ1) is 9.90. The second-order valence-corrected chi connectivity index (χ2v) is 6.07. The monoisotopic (exact) mass is 290 g/mol. The van der Waals surface area contributed by atoms with Crippen molar-refractivity contribution in [2.75, 3.05) is 13.1 Å². The molecule has 0 spiro atoms. The molecule has 3 N–H and O–H groups in total. The van der Waals surface area contributed by atoms with Crippen LogP contribution in [0.2, 0.25) is 0 Å². The number of nitrogens with one attached hydrogen (secondary N) is 1. The van der Waals surface area contributed by atoms with E-state index in [4.69, 9.17) is 5.73 Å². The zero-order valence-electron chi connectivity index (χ0n) is 14.2. The third-order valence-electron chi connectivity index (χ3n) is 4.73. The number of nitrogens with two attached hydrogens (primary N) is 1. The minimum atomic E-state index is -0.405. The lowest BCUT2D eigenvalue weighted by Crippen LogP contribution is -2.45. The van der Waals surface area contributed by atoms with Gasteiger partial charge in [-0.05, 0) is 56.7 Å². The van der Waals surface area contributed by atoms with Crippen molar-refractivity contribution in [1.29, 1.82) is 0 Å². The van der Waals surface area contributed by atoms with Gasteiger partial charge in [0.25, 0.3) is 0 Å². The van der Waals surface area contributed by atoms with Crippen molar-refractivity contribution in [3.63, 3.8) is 0 Å². The molecule has 1 aromatic rings. The molecule has 0 aliphatic carbocycles. The first kappa shape index (κ1) is 17.7. The van der Waals surface area contributed by atoms with Crippen molar-refractivity contribution < 1.29 is 4.79 Å². The topological polar surface area (TPSA) is 55.1 Å². The summed E-state index contributed by atoms with van der Waals surface area (Å²) in [5.41, 5.74) is 10.6. The van der Waals surface area contributed by atoms with Gasteiger partial charge < -0.3 is 11.1 Å². The van der Waals surface area contributed by atoms with Gasteiger partial charge in [0.15, 0.2) is 0 Å². The first-order valence-electron chi connectivity index (χ1n) is 7.95. The summed E-state index contributed by atoms with van der Waals surface area (Å²) in [6.45, 7) is 11.5. The van der Waals surface area contributed by atoms with Crippen LogP contribution in [-0.2, 0) is 11.2 Å². The average molecular weight is 290 g/mol. The largest absolute Gasteiger partial charge is 0.355 e. The Labute approximate surface area is 129 Å². The summed E-state index contributed by atoms with van der Waals surface area (Å²) in [6.07, 6.45) is 2.45. The number of aryl methyl sites for hydroxylation is 3. The van der Waals surface area contributed by atoms with E-state index in [1.54, 1.807) is 0 Å². The fourth-order valence-electron chi connectivity index (χ4n) is 3.05. The number of hydrogen-bond acceptors (Lipinski definition) is 2. The van der Waals surface area contributed by atoms with Gasteiger partial charge in [0.2, 0.25) is 5.91 Å². The number of amides is 1. The summed E-state index contributed by atoms with van der Waals surface area (Å²) in [6, 6.07) is 4.40. The van der Waals surface area contributed by atoms with Gasteiger partial charge in [-0.1, -0.05) is 31.5 Å². The maximum atomic E-state index is 12.4. The summed E-state index contributed by atoms with van der Waals surface area (Å²) in [5.74, 6) is 0.0948. The zero-order chi connectivity index (χ0) is 16.0. The van der Waals surface area contributed by atoms with Gasteiger partial charge >= 0.3 is 0 Å². The molecule has 0 aliphatic rings. The quantitative estimate of drug-likeness (QED) is 0.811. The molecule has 118 valence electrons. The van der Waals surface area contributed by atoms with Crippen LogP contribution in [0.3, 0.4) is 0 Å². The van der Waals surface area contributed by atoms with E-state index in [0.29, 0.717) is 13.1 Å². The Kier molecular flexibility index (Phi) is 6.41. The lowest BCUT2D eigenvalue weighted by molar-refractivity contribution is -0.131. The summed E-state index contributed by atoms with van der Waals surface area (Å²) >= 11 is 0. The number of carbonyl (C=O) groups is 1. The van der Waals surface area contributed by atoms with Crippen molar-refractivity contribution >= 4 is 5.91 Å². The summed E-state index contributed by atoms with van der Waals surface area (Å²) < 4.78 is 0. The van der Waals surface area contributed by atoms with Gasteiger partial charge in [0, 0.05) is 13.1 Å². The van der Waals surface area contributed by atoms with E-state index in [-0.39, 0.29) is 5.91 Å². The fourth-order valence-corrected chi connectivity index (χ4v) is 3.05. The molecule has 1 amide bonds. The minimum absolute atomic E-state index is 0.0948. The molecule has 0 saturated heterocycles. The number of hydrogen-bond donors (Lipinski definition) is 2. The molecular formula is C18H30N2O. The molecule has 3 nitrogen and oxygen atoms in total. The van der Waals surface area contributed by atoms with Crippen LogP contribution >= 0.6 is 0 Å². The molecule has 0 aromatic heterocycles. The highest BCUT2D eigenvalue weighted by Crippen LogP contribution is 2.25.